The number of nitrogens with zero attached hydrogens (tertiary/aromatic N) is 4. The zero-order chi connectivity index (χ0) is 26.2. The molecular weight excluding hydrogens is 550 g/mol. The van der Waals surface area contributed by atoms with Gasteiger partial charge >= 0.3 is 0 Å². The molecule has 5 rings (SSSR count). The van der Waals surface area contributed by atoms with E-state index in [0.717, 1.165) is 11.1 Å². The maximum atomic E-state index is 6.37. The average molecular weight is 578 g/mol. The van der Waals surface area contributed by atoms with Crippen molar-refractivity contribution >= 4 is 46.4 Å². The van der Waals surface area contributed by atoms with Gasteiger partial charge in [0.15, 0.2) is 0 Å². The molecule has 1 saturated heterocycles. The van der Waals surface area contributed by atoms with Crippen LogP contribution in [0.15, 0.2) is 79.6 Å². The van der Waals surface area contributed by atoms with Gasteiger partial charge in [-0.05, 0) is 67.9 Å². The highest BCUT2D eigenvalue weighted by Gasteiger charge is 2.22. The Morgan fingerprint density at radius 3 is 2.38 bits per heavy atom. The molecule has 5 nitrogen and oxygen atoms in total. The second-order valence-electron chi connectivity index (χ2n) is 8.89. The lowest BCUT2D eigenvalue weighted by Gasteiger charge is -2.21. The van der Waals surface area contributed by atoms with Crippen LogP contribution in [0, 0.1) is 0 Å². The molecule has 0 saturated carbocycles. The predicted octanol–water partition coefficient (Wildman–Crippen LogP) is 8.30. The highest BCUT2D eigenvalue weighted by molar-refractivity contribution is 6.35. The average Bonchev–Trinajstić information content (AvgIpc) is 3.55. The maximum absolute atomic E-state index is 6.37. The molecule has 1 aliphatic heterocycles. The van der Waals surface area contributed by atoms with Crippen molar-refractivity contribution < 1.29 is 4.74 Å². The van der Waals surface area contributed by atoms with Crippen molar-refractivity contribution in [1.82, 2.24) is 19.4 Å². The van der Waals surface area contributed by atoms with Crippen LogP contribution in [0.4, 0.5) is 0 Å². The van der Waals surface area contributed by atoms with Crippen LogP contribution in [0.5, 0.6) is 0 Å². The zero-order valence-corrected chi connectivity index (χ0v) is 23.4. The van der Waals surface area contributed by atoms with Crippen LogP contribution in [0.2, 0.25) is 20.1 Å². The van der Waals surface area contributed by atoms with Crippen LogP contribution in [0.3, 0.4) is 0 Å². The summed E-state index contributed by atoms with van der Waals surface area (Å²) in [5.41, 5.74) is 3.06. The molecule has 4 aromatic rings. The highest BCUT2D eigenvalue weighted by atomic mass is 35.5. The number of hydrogen-bond acceptors (Lipinski definition) is 4. The van der Waals surface area contributed by atoms with E-state index in [1.165, 1.54) is 24.9 Å². The Morgan fingerprint density at radius 1 is 0.973 bits per heavy atom. The predicted molar refractivity (Wildman–Crippen MR) is 152 cm³/mol. The number of halogens is 4. The van der Waals surface area contributed by atoms with Crippen molar-refractivity contribution in [2.75, 3.05) is 13.6 Å². The minimum atomic E-state index is -0.286. The monoisotopic (exact) mass is 576 g/mol. The molecule has 0 radical (unpaired) electrons. The lowest BCUT2D eigenvalue weighted by atomic mass is 10.1. The summed E-state index contributed by atoms with van der Waals surface area (Å²) in [6, 6.07) is 15.5. The summed E-state index contributed by atoms with van der Waals surface area (Å²) in [5, 5.41) is 2.29. The number of pyridine rings is 1. The number of aromatic nitrogens is 3. The Kier molecular flexibility index (Phi) is 10.3. The maximum Gasteiger partial charge on any atom is 0.102 e. The van der Waals surface area contributed by atoms with Gasteiger partial charge in [0, 0.05) is 56.5 Å². The second kappa shape index (κ2) is 13.6. The van der Waals surface area contributed by atoms with Gasteiger partial charge in [-0.25, -0.2) is 4.98 Å². The minimum absolute atomic E-state index is 0.286. The van der Waals surface area contributed by atoms with E-state index in [-0.39, 0.29) is 6.10 Å². The third-order valence-electron chi connectivity index (χ3n) is 6.29. The van der Waals surface area contributed by atoms with Gasteiger partial charge in [-0.2, -0.15) is 0 Å². The first-order valence-electron chi connectivity index (χ1n) is 12.0. The summed E-state index contributed by atoms with van der Waals surface area (Å²) in [5.74, 6) is 0. The van der Waals surface area contributed by atoms with E-state index >= 15 is 0 Å². The third-order valence-corrected chi connectivity index (χ3v) is 7.44. The fourth-order valence-corrected chi connectivity index (χ4v) is 5.32. The molecule has 0 aliphatic carbocycles. The lowest BCUT2D eigenvalue weighted by molar-refractivity contribution is 0.0281. The summed E-state index contributed by atoms with van der Waals surface area (Å²) >= 11 is 24.5. The van der Waals surface area contributed by atoms with Crippen molar-refractivity contribution in [3.8, 4) is 0 Å². The second-order valence-corrected chi connectivity index (χ2v) is 10.6. The van der Waals surface area contributed by atoms with Crippen molar-refractivity contribution in [3.05, 3.63) is 116 Å². The zero-order valence-electron chi connectivity index (χ0n) is 20.4. The van der Waals surface area contributed by atoms with Crippen LogP contribution >= 0.6 is 46.4 Å². The normalized spacial score (nSPS) is 16.3. The fraction of sp³-hybridized carbons (Fsp3) is 0.286. The van der Waals surface area contributed by atoms with Crippen LogP contribution in [-0.2, 0) is 17.9 Å². The van der Waals surface area contributed by atoms with E-state index in [1.54, 1.807) is 36.8 Å². The molecule has 3 heterocycles. The molecule has 1 fully saturated rings. The highest BCUT2D eigenvalue weighted by Crippen LogP contribution is 2.32. The number of ether oxygens (including phenoxy) is 1. The Hall–Kier alpha value is -2.12. The molecule has 2 aromatic carbocycles. The van der Waals surface area contributed by atoms with Gasteiger partial charge < -0.3 is 9.30 Å². The Labute approximate surface area is 237 Å². The first-order chi connectivity index (χ1) is 17.9. The summed E-state index contributed by atoms with van der Waals surface area (Å²) in [6.45, 7) is 2.11. The summed E-state index contributed by atoms with van der Waals surface area (Å²) < 4.78 is 8.05. The van der Waals surface area contributed by atoms with E-state index < -0.39 is 0 Å². The molecule has 9 heteroatoms. The molecule has 194 valence electrons. The van der Waals surface area contributed by atoms with Gasteiger partial charge in [0.05, 0.1) is 19.5 Å². The van der Waals surface area contributed by atoms with E-state index in [9.17, 15) is 0 Å². The smallest absolute Gasteiger partial charge is 0.102 e. The van der Waals surface area contributed by atoms with Crippen molar-refractivity contribution in [3.63, 3.8) is 0 Å². The topological polar surface area (TPSA) is 43.2 Å². The van der Waals surface area contributed by atoms with Crippen molar-refractivity contribution in [1.29, 1.82) is 0 Å². The van der Waals surface area contributed by atoms with E-state index in [1.807, 2.05) is 41.4 Å². The number of likely N-dealkylation sites (tertiary alicyclic amines) is 1. The number of hydrogen-bond donors (Lipinski definition) is 0. The molecule has 0 amide bonds. The fourth-order valence-electron chi connectivity index (χ4n) is 4.32. The van der Waals surface area contributed by atoms with E-state index in [4.69, 9.17) is 51.1 Å². The van der Waals surface area contributed by atoms with Crippen molar-refractivity contribution in [2.45, 2.75) is 38.1 Å². The Morgan fingerprint density at radius 2 is 1.76 bits per heavy atom. The molecule has 0 spiro atoms. The first kappa shape index (κ1) is 27.9. The largest absolute Gasteiger partial charge is 0.367 e. The molecule has 0 N–H and O–H groups in total. The standard InChI is InChI=1S/C18H14Cl4N2O.C10H14N2/c19-13-2-1-12(16(21)7-13)10-25-18(9-24-6-5-23-11-24)15-4-3-14(20)8-17(15)22;1-12-7-3-5-10(12)9-4-2-6-11-8-9/h1-8,11,18H,9-10H2;2,4,6,8,10H,3,5,7H2,1H3/t;10-/m.0/s1. The van der Waals surface area contributed by atoms with Crippen LogP contribution in [0.25, 0.3) is 0 Å². The van der Waals surface area contributed by atoms with Gasteiger partial charge in [0.1, 0.15) is 6.10 Å². The molecule has 37 heavy (non-hydrogen) atoms. The van der Waals surface area contributed by atoms with Crippen LogP contribution in [-0.4, -0.2) is 33.0 Å². The number of imidazole rings is 1. The van der Waals surface area contributed by atoms with Crippen LogP contribution < -0.4 is 0 Å². The minimum Gasteiger partial charge on any atom is -0.367 e. The number of rotatable bonds is 7. The van der Waals surface area contributed by atoms with Gasteiger partial charge in [0.2, 0.25) is 0 Å². The molecular formula is C28H28Cl4N4O. The summed E-state index contributed by atoms with van der Waals surface area (Å²) in [6.07, 6.45) is 11.4. The summed E-state index contributed by atoms with van der Waals surface area (Å²) in [4.78, 5) is 10.6. The SMILES string of the molecule is CN1CCC[C@H]1c1cccnc1.Clc1ccc(COC(Cn2ccnc2)c2ccc(Cl)cc2Cl)c(Cl)c1. The molecule has 2 atom stereocenters. The van der Waals surface area contributed by atoms with Gasteiger partial charge in [-0.1, -0.05) is 64.6 Å². The number of benzene rings is 2. The van der Waals surface area contributed by atoms with E-state index in [0.29, 0.717) is 39.3 Å². The Balaban J connectivity index is 0.000000222. The van der Waals surface area contributed by atoms with Crippen molar-refractivity contribution in [2.24, 2.45) is 0 Å². The molecule has 0 bridgehead atoms. The van der Waals surface area contributed by atoms with Crippen LogP contribution in [0.1, 0.15) is 41.7 Å². The summed E-state index contributed by atoms with van der Waals surface area (Å²) in [7, 11) is 2.19. The molecule has 2 aromatic heterocycles. The Bertz CT molecular complexity index is 1270. The van der Waals surface area contributed by atoms with Gasteiger partial charge in [0.25, 0.3) is 0 Å². The molecule has 1 aliphatic rings. The van der Waals surface area contributed by atoms with Gasteiger partial charge in [-0.15, -0.1) is 0 Å². The quantitative estimate of drug-likeness (QED) is 0.221. The first-order valence-corrected chi connectivity index (χ1v) is 13.5. The van der Waals surface area contributed by atoms with Gasteiger partial charge in [-0.3, -0.25) is 9.88 Å². The van der Waals surface area contributed by atoms with E-state index in [2.05, 4.69) is 28.0 Å². The molecule has 1 unspecified atom stereocenters. The lowest BCUT2D eigenvalue weighted by Crippen LogP contribution is -2.17. The third kappa shape index (κ3) is 7.93.